The predicted octanol–water partition coefficient (Wildman–Crippen LogP) is 2.69. The van der Waals surface area contributed by atoms with E-state index in [0.717, 1.165) is 11.1 Å². The molecule has 144 valence electrons. The lowest BCUT2D eigenvalue weighted by Gasteiger charge is -2.19. The number of amides is 1. The molecule has 0 spiro atoms. The van der Waals surface area contributed by atoms with Crippen molar-refractivity contribution in [1.82, 2.24) is 20.3 Å². The lowest BCUT2D eigenvalue weighted by molar-refractivity contribution is 0.0523. The Labute approximate surface area is 156 Å². The third kappa shape index (κ3) is 4.49. The third-order valence-corrected chi connectivity index (χ3v) is 3.76. The Kier molecular flexibility index (Phi) is 4.93. The van der Waals surface area contributed by atoms with Crippen LogP contribution >= 0.6 is 0 Å². The number of fused-ring (bicyclic) bond motifs is 1. The van der Waals surface area contributed by atoms with Crippen LogP contribution in [-0.4, -0.2) is 33.7 Å². The van der Waals surface area contributed by atoms with Gasteiger partial charge in [-0.1, -0.05) is 5.16 Å². The monoisotopic (exact) mass is 373 g/mol. The van der Waals surface area contributed by atoms with Crippen LogP contribution < -0.4 is 15.8 Å². The van der Waals surface area contributed by atoms with Gasteiger partial charge >= 0.3 is 6.09 Å². The summed E-state index contributed by atoms with van der Waals surface area (Å²) in [6.45, 7) is 6.24. The number of alkyl carbamates (subject to hydrolysis) is 1. The molecule has 0 radical (unpaired) electrons. The van der Waals surface area contributed by atoms with Crippen LogP contribution in [0.5, 0.6) is 5.75 Å². The smallest absolute Gasteiger partial charge is 0.407 e. The maximum absolute atomic E-state index is 11.7. The Hall–Kier alpha value is -3.23. The maximum Gasteiger partial charge on any atom is 0.407 e. The van der Waals surface area contributed by atoms with Gasteiger partial charge in [0.25, 0.3) is 0 Å². The number of hydrogen-bond donors (Lipinski definition) is 2. The van der Waals surface area contributed by atoms with Crippen LogP contribution in [0.4, 0.5) is 10.6 Å². The minimum absolute atomic E-state index is 0.323. The minimum atomic E-state index is -0.534. The number of nitrogens with zero attached hydrogens (tertiary/aromatic N) is 3. The van der Waals surface area contributed by atoms with Gasteiger partial charge in [0.05, 0.1) is 25.2 Å². The molecule has 0 aliphatic heterocycles. The number of aromatic nitrogens is 3. The Morgan fingerprint density at radius 2 is 2.15 bits per heavy atom. The van der Waals surface area contributed by atoms with Gasteiger partial charge in [0.15, 0.2) is 11.4 Å². The summed E-state index contributed by atoms with van der Waals surface area (Å²) in [4.78, 5) is 11.7. The van der Waals surface area contributed by atoms with E-state index in [0.29, 0.717) is 35.6 Å². The van der Waals surface area contributed by atoms with E-state index in [1.807, 2.05) is 33.0 Å². The molecule has 0 atom stereocenters. The summed E-state index contributed by atoms with van der Waals surface area (Å²) in [5.74, 6) is 0.991. The summed E-state index contributed by atoms with van der Waals surface area (Å²) < 4.78 is 17.6. The molecule has 0 unspecified atom stereocenters. The number of benzene rings is 1. The number of hydrogen-bond acceptors (Lipinski definition) is 7. The number of ether oxygens (including phenoxy) is 2. The zero-order valence-electron chi connectivity index (χ0n) is 15.8. The summed E-state index contributed by atoms with van der Waals surface area (Å²) in [7, 11) is 1.59. The number of carbonyl (C=O) groups is 1. The van der Waals surface area contributed by atoms with Gasteiger partial charge in [-0.2, -0.15) is 5.10 Å². The number of anilines is 1. The van der Waals surface area contributed by atoms with Gasteiger partial charge in [-0.15, -0.1) is 0 Å². The molecule has 27 heavy (non-hydrogen) atoms. The highest BCUT2D eigenvalue weighted by Crippen LogP contribution is 2.29. The van der Waals surface area contributed by atoms with Gasteiger partial charge in [-0.25, -0.2) is 4.79 Å². The zero-order chi connectivity index (χ0) is 19.6. The molecular formula is C18H23N5O4. The van der Waals surface area contributed by atoms with E-state index in [1.165, 1.54) is 0 Å². The molecule has 1 amide bonds. The fourth-order valence-corrected chi connectivity index (χ4v) is 2.59. The standard InChI is InChI=1S/C18H23N5O4/c1-18(2,3)26-17(24)20-7-11-8-21-23(9-11)10-12-5-15-13(6-14(12)25-4)16(19)22-27-15/h5-6,8-9H,7,10H2,1-4H3,(H2,19,22)(H,20,24). The highest BCUT2D eigenvalue weighted by molar-refractivity contribution is 5.88. The number of nitrogens with two attached hydrogens (primary N) is 1. The van der Waals surface area contributed by atoms with Crippen molar-refractivity contribution in [3.05, 3.63) is 35.7 Å². The molecule has 0 saturated carbocycles. The van der Waals surface area contributed by atoms with E-state index in [4.69, 9.17) is 19.7 Å². The van der Waals surface area contributed by atoms with Crippen LogP contribution in [0, 0.1) is 0 Å². The average molecular weight is 373 g/mol. The lowest BCUT2D eigenvalue weighted by atomic mass is 10.1. The molecule has 0 aliphatic carbocycles. The summed E-state index contributed by atoms with van der Waals surface area (Å²) >= 11 is 0. The Morgan fingerprint density at radius 3 is 2.85 bits per heavy atom. The quantitative estimate of drug-likeness (QED) is 0.706. The van der Waals surface area contributed by atoms with Crippen molar-refractivity contribution in [2.45, 2.75) is 39.5 Å². The van der Waals surface area contributed by atoms with Gasteiger partial charge in [0.2, 0.25) is 0 Å². The number of methoxy groups -OCH3 is 1. The topological polar surface area (TPSA) is 117 Å². The number of nitrogen functional groups attached to an aromatic ring is 1. The molecule has 0 saturated heterocycles. The molecule has 3 aromatic rings. The van der Waals surface area contributed by atoms with Crippen LogP contribution in [0.15, 0.2) is 29.0 Å². The van der Waals surface area contributed by atoms with Crippen molar-refractivity contribution in [3.63, 3.8) is 0 Å². The Balaban J connectivity index is 1.69. The molecule has 0 fully saturated rings. The number of rotatable bonds is 5. The zero-order valence-corrected chi connectivity index (χ0v) is 15.8. The predicted molar refractivity (Wildman–Crippen MR) is 99.4 cm³/mol. The molecule has 2 aromatic heterocycles. The summed E-state index contributed by atoms with van der Waals surface area (Å²) in [6, 6.07) is 3.63. The van der Waals surface area contributed by atoms with Gasteiger partial charge < -0.3 is 25.0 Å². The SMILES string of the molecule is COc1cc2c(N)noc2cc1Cn1cc(CNC(=O)OC(C)(C)C)cn1. The van der Waals surface area contributed by atoms with Crippen molar-refractivity contribution in [2.75, 3.05) is 12.8 Å². The molecule has 3 N–H and O–H groups in total. The van der Waals surface area contributed by atoms with Gasteiger partial charge in [0.1, 0.15) is 11.4 Å². The first kappa shape index (κ1) is 18.6. The molecule has 1 aromatic carbocycles. The average Bonchev–Trinajstić information content (AvgIpc) is 3.18. The summed E-state index contributed by atoms with van der Waals surface area (Å²) in [6.07, 6.45) is 3.06. The van der Waals surface area contributed by atoms with E-state index in [9.17, 15) is 4.79 Å². The van der Waals surface area contributed by atoms with E-state index in [2.05, 4.69) is 15.6 Å². The second-order valence-electron chi connectivity index (χ2n) is 7.13. The van der Waals surface area contributed by atoms with Gasteiger partial charge in [0, 0.05) is 23.9 Å². The van der Waals surface area contributed by atoms with Gasteiger partial charge in [-0.05, 0) is 32.9 Å². The molecule has 9 heteroatoms. The molecule has 3 rings (SSSR count). The largest absolute Gasteiger partial charge is 0.496 e. The van der Waals surface area contributed by atoms with Crippen molar-refractivity contribution in [1.29, 1.82) is 0 Å². The fraction of sp³-hybridized carbons (Fsp3) is 0.389. The summed E-state index contributed by atoms with van der Waals surface area (Å²) in [5, 5.41) is 11.5. The van der Waals surface area contributed by atoms with Crippen LogP contribution in [-0.2, 0) is 17.8 Å². The van der Waals surface area contributed by atoms with Crippen LogP contribution in [0.1, 0.15) is 31.9 Å². The molecule has 2 heterocycles. The number of nitrogens with one attached hydrogen (secondary N) is 1. The second-order valence-corrected chi connectivity index (χ2v) is 7.13. The Morgan fingerprint density at radius 1 is 1.37 bits per heavy atom. The highest BCUT2D eigenvalue weighted by atomic mass is 16.6. The maximum atomic E-state index is 11.7. The van der Waals surface area contributed by atoms with Crippen LogP contribution in [0.2, 0.25) is 0 Å². The van der Waals surface area contributed by atoms with E-state index < -0.39 is 11.7 Å². The van der Waals surface area contributed by atoms with Crippen molar-refractivity contribution in [2.24, 2.45) is 0 Å². The van der Waals surface area contributed by atoms with Crippen LogP contribution in [0.25, 0.3) is 11.0 Å². The normalized spacial score (nSPS) is 11.6. The molecule has 0 bridgehead atoms. The van der Waals surface area contributed by atoms with Crippen molar-refractivity contribution >= 4 is 22.9 Å². The third-order valence-electron chi connectivity index (χ3n) is 3.76. The van der Waals surface area contributed by atoms with Crippen molar-refractivity contribution in [3.8, 4) is 5.75 Å². The minimum Gasteiger partial charge on any atom is -0.496 e. The molecular weight excluding hydrogens is 350 g/mol. The van der Waals surface area contributed by atoms with E-state index in [1.54, 1.807) is 24.1 Å². The number of carbonyl (C=O) groups excluding carboxylic acids is 1. The fourth-order valence-electron chi connectivity index (χ4n) is 2.59. The first-order valence-corrected chi connectivity index (χ1v) is 8.45. The first-order valence-electron chi connectivity index (χ1n) is 8.45. The highest BCUT2D eigenvalue weighted by Gasteiger charge is 2.16. The molecule has 0 aliphatic rings. The second kappa shape index (κ2) is 7.18. The molecule has 9 nitrogen and oxygen atoms in total. The first-order chi connectivity index (χ1) is 12.7. The lowest BCUT2D eigenvalue weighted by Crippen LogP contribution is -2.32. The van der Waals surface area contributed by atoms with Crippen molar-refractivity contribution < 1.29 is 18.8 Å². The van der Waals surface area contributed by atoms with E-state index in [-0.39, 0.29) is 0 Å². The summed E-state index contributed by atoms with van der Waals surface area (Å²) in [5.41, 5.74) is 7.55. The van der Waals surface area contributed by atoms with Gasteiger partial charge in [-0.3, -0.25) is 4.68 Å². The Bertz CT molecular complexity index is 954. The van der Waals surface area contributed by atoms with Crippen LogP contribution in [0.3, 0.4) is 0 Å². The van der Waals surface area contributed by atoms with E-state index >= 15 is 0 Å².